The van der Waals surface area contributed by atoms with Gasteiger partial charge in [-0.15, -0.1) is 0 Å². The summed E-state index contributed by atoms with van der Waals surface area (Å²) >= 11 is 0. The number of likely N-dealkylation sites (tertiary alicyclic amines) is 1. The monoisotopic (exact) mass is 259 g/mol. The van der Waals surface area contributed by atoms with E-state index in [1.807, 2.05) is 0 Å². The van der Waals surface area contributed by atoms with Crippen molar-refractivity contribution in [2.45, 2.75) is 51.0 Å². The fourth-order valence-corrected chi connectivity index (χ4v) is 3.62. The highest BCUT2D eigenvalue weighted by molar-refractivity contribution is 5.35. The van der Waals surface area contributed by atoms with E-state index in [1.165, 1.54) is 61.6 Å². The molecule has 0 saturated carbocycles. The van der Waals surface area contributed by atoms with Crippen LogP contribution in [0.3, 0.4) is 0 Å². The number of aliphatic hydroxyl groups excluding tert-OH is 1. The van der Waals surface area contributed by atoms with Gasteiger partial charge in [0, 0.05) is 0 Å². The second-order valence-electron chi connectivity index (χ2n) is 6.03. The SMILES string of the molecule is OCC(c1ccc2c(c1)CCCC2)N1CCCCC1. The van der Waals surface area contributed by atoms with Crippen molar-refractivity contribution in [1.82, 2.24) is 4.90 Å². The van der Waals surface area contributed by atoms with Crippen molar-refractivity contribution in [3.05, 3.63) is 34.9 Å². The number of aryl methyl sites for hydroxylation is 2. The molecule has 2 nitrogen and oxygen atoms in total. The zero-order chi connectivity index (χ0) is 13.1. The standard InChI is InChI=1S/C17H25NO/c19-13-17(18-10-4-1-5-11-18)16-9-8-14-6-2-3-7-15(14)12-16/h8-9,12,17,19H,1-7,10-11,13H2. The van der Waals surface area contributed by atoms with Crippen LogP contribution in [-0.4, -0.2) is 29.7 Å². The molecule has 2 heteroatoms. The van der Waals surface area contributed by atoms with Crippen LogP contribution >= 0.6 is 0 Å². The van der Waals surface area contributed by atoms with E-state index in [4.69, 9.17) is 0 Å². The third kappa shape index (κ3) is 2.85. The molecule has 1 aromatic rings. The average molecular weight is 259 g/mol. The zero-order valence-corrected chi connectivity index (χ0v) is 11.8. The summed E-state index contributed by atoms with van der Waals surface area (Å²) in [5, 5.41) is 9.79. The summed E-state index contributed by atoms with van der Waals surface area (Å²) in [6.07, 6.45) is 9.03. The highest BCUT2D eigenvalue weighted by Crippen LogP contribution is 2.28. The first-order valence-corrected chi connectivity index (χ1v) is 7.85. The van der Waals surface area contributed by atoms with Gasteiger partial charge in [0.25, 0.3) is 0 Å². The van der Waals surface area contributed by atoms with Crippen LogP contribution in [0.15, 0.2) is 18.2 Å². The second kappa shape index (κ2) is 6.06. The van der Waals surface area contributed by atoms with E-state index in [0.717, 1.165) is 13.1 Å². The Balaban J connectivity index is 1.82. The van der Waals surface area contributed by atoms with Gasteiger partial charge in [0.1, 0.15) is 0 Å². The van der Waals surface area contributed by atoms with Gasteiger partial charge in [-0.05, 0) is 68.3 Å². The molecule has 0 amide bonds. The lowest BCUT2D eigenvalue weighted by atomic mass is 9.89. The number of hydrogen-bond donors (Lipinski definition) is 1. The first-order valence-electron chi connectivity index (χ1n) is 7.85. The Bertz CT molecular complexity index is 423. The highest BCUT2D eigenvalue weighted by atomic mass is 16.3. The Kier molecular flexibility index (Phi) is 4.19. The Hall–Kier alpha value is -0.860. The van der Waals surface area contributed by atoms with E-state index in [-0.39, 0.29) is 12.6 Å². The van der Waals surface area contributed by atoms with Gasteiger partial charge in [0.2, 0.25) is 0 Å². The van der Waals surface area contributed by atoms with Crippen molar-refractivity contribution in [1.29, 1.82) is 0 Å². The van der Waals surface area contributed by atoms with Crippen LogP contribution in [0.5, 0.6) is 0 Å². The minimum atomic E-state index is 0.215. The van der Waals surface area contributed by atoms with Crippen LogP contribution in [0.4, 0.5) is 0 Å². The molecule has 0 spiro atoms. The van der Waals surface area contributed by atoms with Crippen molar-refractivity contribution in [3.8, 4) is 0 Å². The first kappa shape index (κ1) is 13.1. The van der Waals surface area contributed by atoms with E-state index in [2.05, 4.69) is 23.1 Å². The average Bonchev–Trinajstić information content (AvgIpc) is 2.49. The van der Waals surface area contributed by atoms with Gasteiger partial charge in [0.15, 0.2) is 0 Å². The summed E-state index contributed by atoms with van der Waals surface area (Å²) in [6, 6.07) is 7.13. The number of rotatable bonds is 3. The van der Waals surface area contributed by atoms with Gasteiger partial charge in [-0.2, -0.15) is 0 Å². The summed E-state index contributed by atoms with van der Waals surface area (Å²) in [7, 11) is 0. The van der Waals surface area contributed by atoms with Gasteiger partial charge in [-0.1, -0.05) is 24.6 Å². The zero-order valence-electron chi connectivity index (χ0n) is 11.8. The maximum absolute atomic E-state index is 9.79. The Morgan fingerprint density at radius 3 is 2.42 bits per heavy atom. The lowest BCUT2D eigenvalue weighted by molar-refractivity contribution is 0.104. The van der Waals surface area contributed by atoms with Crippen LogP contribution in [-0.2, 0) is 12.8 Å². The molecule has 3 rings (SSSR count). The minimum Gasteiger partial charge on any atom is -0.394 e. The summed E-state index contributed by atoms with van der Waals surface area (Å²) in [4.78, 5) is 2.47. The molecular formula is C17H25NO. The summed E-state index contributed by atoms with van der Waals surface area (Å²) in [5.74, 6) is 0. The highest BCUT2D eigenvalue weighted by Gasteiger charge is 2.22. The van der Waals surface area contributed by atoms with Gasteiger partial charge < -0.3 is 5.11 Å². The topological polar surface area (TPSA) is 23.5 Å². The molecule has 1 fully saturated rings. The normalized spacial score (nSPS) is 21.9. The maximum atomic E-state index is 9.79. The predicted molar refractivity (Wildman–Crippen MR) is 78.3 cm³/mol. The Morgan fingerprint density at radius 1 is 0.947 bits per heavy atom. The third-order valence-corrected chi connectivity index (χ3v) is 4.76. The van der Waals surface area contributed by atoms with Crippen molar-refractivity contribution >= 4 is 0 Å². The summed E-state index contributed by atoms with van der Waals surface area (Å²) in [5.41, 5.74) is 4.38. The molecule has 1 aliphatic carbocycles. The molecule has 1 aliphatic heterocycles. The molecule has 0 aromatic heterocycles. The van der Waals surface area contributed by atoms with E-state index in [9.17, 15) is 5.11 Å². The van der Waals surface area contributed by atoms with Gasteiger partial charge in [-0.3, -0.25) is 4.90 Å². The smallest absolute Gasteiger partial charge is 0.0628 e. The Labute approximate surface area is 116 Å². The van der Waals surface area contributed by atoms with E-state index < -0.39 is 0 Å². The molecule has 1 heterocycles. The number of nitrogens with zero attached hydrogens (tertiary/aromatic N) is 1. The van der Waals surface area contributed by atoms with Gasteiger partial charge in [-0.25, -0.2) is 0 Å². The molecule has 104 valence electrons. The predicted octanol–water partition coefficient (Wildman–Crippen LogP) is 3.08. The molecule has 2 aliphatic rings. The summed E-state index contributed by atoms with van der Waals surface area (Å²) < 4.78 is 0. The molecule has 1 aromatic carbocycles. The molecule has 0 bridgehead atoms. The van der Waals surface area contributed by atoms with Crippen LogP contribution in [0.25, 0.3) is 0 Å². The summed E-state index contributed by atoms with van der Waals surface area (Å²) in [6.45, 7) is 2.53. The van der Waals surface area contributed by atoms with Crippen molar-refractivity contribution < 1.29 is 5.11 Å². The lowest BCUT2D eigenvalue weighted by Crippen LogP contribution is -2.35. The lowest BCUT2D eigenvalue weighted by Gasteiger charge is -2.34. The largest absolute Gasteiger partial charge is 0.394 e. The van der Waals surface area contributed by atoms with Crippen LogP contribution in [0.1, 0.15) is 54.8 Å². The number of hydrogen-bond acceptors (Lipinski definition) is 2. The van der Waals surface area contributed by atoms with Crippen LogP contribution < -0.4 is 0 Å². The fraction of sp³-hybridized carbons (Fsp3) is 0.647. The number of aliphatic hydroxyl groups is 1. The number of benzene rings is 1. The molecule has 1 N–H and O–H groups in total. The quantitative estimate of drug-likeness (QED) is 0.901. The van der Waals surface area contributed by atoms with Crippen molar-refractivity contribution in [2.24, 2.45) is 0 Å². The second-order valence-corrected chi connectivity index (χ2v) is 6.03. The molecule has 1 atom stereocenters. The molecule has 0 radical (unpaired) electrons. The number of fused-ring (bicyclic) bond motifs is 1. The van der Waals surface area contributed by atoms with Gasteiger partial charge >= 0.3 is 0 Å². The number of piperidine rings is 1. The van der Waals surface area contributed by atoms with Gasteiger partial charge in [0.05, 0.1) is 12.6 Å². The first-order chi connectivity index (χ1) is 9.38. The Morgan fingerprint density at radius 2 is 1.68 bits per heavy atom. The minimum absolute atomic E-state index is 0.215. The fourth-order valence-electron chi connectivity index (χ4n) is 3.62. The molecule has 19 heavy (non-hydrogen) atoms. The van der Waals surface area contributed by atoms with E-state index in [0.29, 0.717) is 0 Å². The third-order valence-electron chi connectivity index (χ3n) is 4.76. The van der Waals surface area contributed by atoms with Crippen LogP contribution in [0, 0.1) is 0 Å². The molecular weight excluding hydrogens is 234 g/mol. The van der Waals surface area contributed by atoms with Crippen LogP contribution in [0.2, 0.25) is 0 Å². The van der Waals surface area contributed by atoms with E-state index >= 15 is 0 Å². The van der Waals surface area contributed by atoms with Crippen molar-refractivity contribution in [3.63, 3.8) is 0 Å². The van der Waals surface area contributed by atoms with E-state index in [1.54, 1.807) is 0 Å². The van der Waals surface area contributed by atoms with Crippen molar-refractivity contribution in [2.75, 3.05) is 19.7 Å². The maximum Gasteiger partial charge on any atom is 0.0628 e. The molecule has 1 unspecified atom stereocenters. The molecule has 1 saturated heterocycles.